The van der Waals surface area contributed by atoms with E-state index < -0.39 is 0 Å². The molecule has 21 heavy (non-hydrogen) atoms. The van der Waals surface area contributed by atoms with Crippen LogP contribution in [0, 0.1) is 5.41 Å². The maximum absolute atomic E-state index is 11.4. The van der Waals surface area contributed by atoms with Gasteiger partial charge < -0.3 is 4.79 Å². The van der Waals surface area contributed by atoms with Crippen molar-refractivity contribution in [2.45, 2.75) is 77.0 Å². The molecule has 0 N–H and O–H groups in total. The number of fused-ring (bicyclic) bond motifs is 1. The Kier molecular flexibility index (Phi) is 2.82. The molecule has 1 aromatic carbocycles. The highest BCUT2D eigenvalue weighted by Crippen LogP contribution is 2.63. The third-order valence-corrected chi connectivity index (χ3v) is 6.61. The zero-order valence-corrected chi connectivity index (χ0v) is 14.3. The van der Waals surface area contributed by atoms with Crippen molar-refractivity contribution in [1.29, 1.82) is 0 Å². The van der Waals surface area contributed by atoms with E-state index in [-0.39, 0.29) is 21.7 Å². The van der Waals surface area contributed by atoms with E-state index >= 15 is 0 Å². The molecule has 2 aliphatic rings. The van der Waals surface area contributed by atoms with Crippen molar-refractivity contribution in [3.8, 4) is 0 Å². The van der Waals surface area contributed by atoms with Crippen molar-refractivity contribution in [3.05, 3.63) is 34.9 Å². The molecule has 3 rings (SSSR count). The minimum Gasteiger partial charge on any atom is -0.303 e. The van der Waals surface area contributed by atoms with Gasteiger partial charge in [0.15, 0.2) is 0 Å². The molecule has 0 unspecified atom stereocenters. The first kappa shape index (κ1) is 14.8. The standard InChI is InChI=1S/C20H28O/c1-17(2)9-10-18(3,4)16-11-14(7-8-15(16)17)20(6)12-19(20,5)13-21/h7-8,11,13H,9-10,12H2,1-6H3/t19-,20+/m0/s1. The van der Waals surface area contributed by atoms with Gasteiger partial charge in [0.05, 0.1) is 0 Å². The molecule has 0 aromatic heterocycles. The number of carbonyl (C=O) groups excluding carboxylic acids is 1. The topological polar surface area (TPSA) is 17.1 Å². The van der Waals surface area contributed by atoms with Gasteiger partial charge in [0.1, 0.15) is 6.29 Å². The molecule has 1 fully saturated rings. The summed E-state index contributed by atoms with van der Waals surface area (Å²) < 4.78 is 0. The maximum Gasteiger partial charge on any atom is 0.126 e. The van der Waals surface area contributed by atoms with Crippen LogP contribution in [0.4, 0.5) is 0 Å². The first-order chi connectivity index (χ1) is 9.56. The Balaban J connectivity index is 2.12. The second kappa shape index (κ2) is 4.00. The second-order valence-corrected chi connectivity index (χ2v) is 9.07. The first-order valence-corrected chi connectivity index (χ1v) is 8.18. The van der Waals surface area contributed by atoms with Crippen molar-refractivity contribution >= 4 is 6.29 Å². The molecule has 2 aliphatic carbocycles. The Morgan fingerprint density at radius 2 is 1.48 bits per heavy atom. The van der Waals surface area contributed by atoms with Crippen LogP contribution >= 0.6 is 0 Å². The molecule has 1 aromatic rings. The molecule has 0 amide bonds. The summed E-state index contributed by atoms with van der Waals surface area (Å²) in [4.78, 5) is 11.4. The molecule has 1 nitrogen and oxygen atoms in total. The van der Waals surface area contributed by atoms with Crippen molar-refractivity contribution in [1.82, 2.24) is 0 Å². The predicted octanol–water partition coefficient (Wildman–Crippen LogP) is 4.90. The predicted molar refractivity (Wildman–Crippen MR) is 87.9 cm³/mol. The lowest BCUT2D eigenvalue weighted by Crippen LogP contribution is -2.34. The van der Waals surface area contributed by atoms with Crippen LogP contribution in [0.5, 0.6) is 0 Å². The molecule has 0 saturated heterocycles. The van der Waals surface area contributed by atoms with Crippen LogP contribution in [0.1, 0.15) is 77.5 Å². The minimum absolute atomic E-state index is 0.0292. The summed E-state index contributed by atoms with van der Waals surface area (Å²) in [5, 5.41) is 0. The van der Waals surface area contributed by atoms with Crippen LogP contribution in [-0.4, -0.2) is 6.29 Å². The Morgan fingerprint density at radius 3 is 2.00 bits per heavy atom. The number of aldehydes is 1. The van der Waals surface area contributed by atoms with Gasteiger partial charge in [0.2, 0.25) is 0 Å². The van der Waals surface area contributed by atoms with E-state index in [1.54, 1.807) is 0 Å². The molecule has 0 bridgehead atoms. The number of carbonyl (C=O) groups is 1. The Hall–Kier alpha value is -1.11. The molecule has 0 heterocycles. The molecule has 0 radical (unpaired) electrons. The largest absolute Gasteiger partial charge is 0.303 e. The number of rotatable bonds is 2. The zero-order valence-electron chi connectivity index (χ0n) is 14.3. The summed E-state index contributed by atoms with van der Waals surface area (Å²) in [6.07, 6.45) is 4.61. The van der Waals surface area contributed by atoms with Crippen LogP contribution in [0.2, 0.25) is 0 Å². The van der Waals surface area contributed by atoms with Gasteiger partial charge in [-0.2, -0.15) is 0 Å². The van der Waals surface area contributed by atoms with E-state index in [4.69, 9.17) is 0 Å². The quantitative estimate of drug-likeness (QED) is 0.706. The second-order valence-electron chi connectivity index (χ2n) is 9.07. The monoisotopic (exact) mass is 284 g/mol. The summed E-state index contributed by atoms with van der Waals surface area (Å²) in [5.74, 6) is 0. The molecular formula is C20H28O. The van der Waals surface area contributed by atoms with Crippen molar-refractivity contribution in [3.63, 3.8) is 0 Å². The van der Waals surface area contributed by atoms with Crippen LogP contribution in [0.15, 0.2) is 18.2 Å². The highest BCUT2D eigenvalue weighted by Gasteiger charge is 2.62. The Morgan fingerprint density at radius 1 is 0.905 bits per heavy atom. The first-order valence-electron chi connectivity index (χ1n) is 8.18. The summed E-state index contributed by atoms with van der Waals surface area (Å²) >= 11 is 0. The van der Waals surface area contributed by atoms with Crippen molar-refractivity contribution < 1.29 is 4.79 Å². The number of benzene rings is 1. The van der Waals surface area contributed by atoms with Gasteiger partial charge in [-0.15, -0.1) is 0 Å². The van der Waals surface area contributed by atoms with E-state index in [1.807, 2.05) is 0 Å². The van der Waals surface area contributed by atoms with Gasteiger partial charge in [-0.3, -0.25) is 0 Å². The zero-order chi connectivity index (χ0) is 15.7. The molecule has 114 valence electrons. The highest BCUT2D eigenvalue weighted by molar-refractivity contribution is 5.70. The number of hydrogen-bond acceptors (Lipinski definition) is 1. The fourth-order valence-electron chi connectivity index (χ4n) is 4.23. The van der Waals surface area contributed by atoms with Crippen molar-refractivity contribution in [2.75, 3.05) is 0 Å². The van der Waals surface area contributed by atoms with Crippen LogP contribution in [-0.2, 0) is 21.0 Å². The normalized spacial score (nSPS) is 35.9. The van der Waals surface area contributed by atoms with E-state index in [2.05, 4.69) is 59.7 Å². The molecular weight excluding hydrogens is 256 g/mol. The lowest BCUT2D eigenvalue weighted by atomic mass is 9.62. The highest BCUT2D eigenvalue weighted by atomic mass is 16.1. The van der Waals surface area contributed by atoms with Crippen molar-refractivity contribution in [2.24, 2.45) is 5.41 Å². The molecule has 2 atom stereocenters. The fourth-order valence-corrected chi connectivity index (χ4v) is 4.23. The van der Waals surface area contributed by atoms with Crippen LogP contribution in [0.3, 0.4) is 0 Å². The lowest BCUT2D eigenvalue weighted by molar-refractivity contribution is -0.112. The van der Waals surface area contributed by atoms with Gasteiger partial charge >= 0.3 is 0 Å². The maximum atomic E-state index is 11.4. The van der Waals surface area contributed by atoms with Crippen LogP contribution < -0.4 is 0 Å². The smallest absolute Gasteiger partial charge is 0.126 e. The third-order valence-electron chi connectivity index (χ3n) is 6.61. The van der Waals surface area contributed by atoms with E-state index in [9.17, 15) is 4.79 Å². The lowest BCUT2D eigenvalue weighted by Gasteiger charge is -2.42. The molecule has 0 spiro atoms. The average Bonchev–Trinajstić information content (AvgIpc) is 3.00. The molecule has 1 heteroatoms. The molecule has 1 saturated carbocycles. The van der Waals surface area contributed by atoms with E-state index in [0.717, 1.165) is 12.7 Å². The summed E-state index contributed by atoms with van der Waals surface area (Å²) in [6, 6.07) is 7.02. The third kappa shape index (κ3) is 1.93. The van der Waals surface area contributed by atoms with E-state index in [1.165, 1.54) is 29.5 Å². The van der Waals surface area contributed by atoms with Gasteiger partial charge in [-0.05, 0) is 46.8 Å². The average molecular weight is 284 g/mol. The fraction of sp³-hybridized carbons (Fsp3) is 0.650. The summed E-state index contributed by atoms with van der Waals surface area (Å²) in [6.45, 7) is 13.8. The van der Waals surface area contributed by atoms with Gasteiger partial charge in [-0.25, -0.2) is 0 Å². The van der Waals surface area contributed by atoms with Gasteiger partial charge in [-0.1, -0.05) is 59.7 Å². The minimum atomic E-state index is -0.171. The SMILES string of the molecule is CC1(C)CCC(C)(C)c2cc([C@@]3(C)C[C@@]3(C)C=O)ccc21. The summed E-state index contributed by atoms with van der Waals surface area (Å²) in [7, 11) is 0. The Bertz CT molecular complexity index is 610. The van der Waals surface area contributed by atoms with Gasteiger partial charge in [0.25, 0.3) is 0 Å². The van der Waals surface area contributed by atoms with Crippen LogP contribution in [0.25, 0.3) is 0 Å². The molecule has 0 aliphatic heterocycles. The van der Waals surface area contributed by atoms with Gasteiger partial charge in [0, 0.05) is 10.8 Å². The van der Waals surface area contributed by atoms with E-state index in [0.29, 0.717) is 0 Å². The number of hydrogen-bond donors (Lipinski definition) is 0. The summed E-state index contributed by atoms with van der Waals surface area (Å²) in [5.41, 5.74) is 4.71. The Labute approximate surface area is 129 Å².